The Morgan fingerprint density at radius 1 is 1.56 bits per heavy atom. The van der Waals surface area contributed by atoms with Gasteiger partial charge in [0, 0.05) is 18.1 Å². The molecule has 0 saturated heterocycles. The van der Waals surface area contributed by atoms with Gasteiger partial charge >= 0.3 is 0 Å². The normalized spacial score (nSPS) is 13.2. The summed E-state index contributed by atoms with van der Waals surface area (Å²) in [6.07, 6.45) is 2.04. The van der Waals surface area contributed by atoms with Crippen molar-refractivity contribution in [2.75, 3.05) is 0 Å². The standard InChI is InChI=1S/C10H13N7S/c1-6-8(17-3-4-18-10(17)12-6)5-11-7(2)9-13-15-16-14-9/h3-4,7,11H,5H2,1-2H3,(H,13,14,15,16). The molecule has 1 unspecified atom stereocenters. The molecule has 0 aromatic carbocycles. The second-order valence-electron chi connectivity index (χ2n) is 4.07. The lowest BCUT2D eigenvalue weighted by molar-refractivity contribution is 0.538. The molecule has 0 fully saturated rings. The quantitative estimate of drug-likeness (QED) is 0.735. The molecule has 3 heterocycles. The van der Waals surface area contributed by atoms with E-state index in [1.54, 1.807) is 11.3 Å². The lowest BCUT2D eigenvalue weighted by atomic mass is 10.3. The van der Waals surface area contributed by atoms with Crippen molar-refractivity contribution >= 4 is 16.3 Å². The van der Waals surface area contributed by atoms with Gasteiger partial charge in [0.15, 0.2) is 10.8 Å². The third kappa shape index (κ3) is 1.89. The van der Waals surface area contributed by atoms with E-state index in [1.807, 2.05) is 25.4 Å². The molecule has 0 amide bonds. The van der Waals surface area contributed by atoms with Gasteiger partial charge in [0.05, 0.1) is 17.4 Å². The van der Waals surface area contributed by atoms with Crippen molar-refractivity contribution in [1.82, 2.24) is 35.3 Å². The minimum Gasteiger partial charge on any atom is -0.302 e. The second-order valence-corrected chi connectivity index (χ2v) is 4.95. The average Bonchev–Trinajstić information content (AvgIpc) is 3.02. The molecule has 3 aromatic rings. The third-order valence-corrected chi connectivity index (χ3v) is 3.64. The Hall–Kier alpha value is -1.80. The number of hydrogen-bond donors (Lipinski definition) is 2. The van der Waals surface area contributed by atoms with E-state index in [9.17, 15) is 0 Å². The number of aromatic amines is 1. The summed E-state index contributed by atoms with van der Waals surface area (Å²) in [5, 5.41) is 19.3. The highest BCUT2D eigenvalue weighted by atomic mass is 32.1. The number of aromatic nitrogens is 6. The first-order chi connectivity index (χ1) is 8.75. The lowest BCUT2D eigenvalue weighted by Crippen LogP contribution is -2.20. The van der Waals surface area contributed by atoms with Gasteiger partial charge in [0.1, 0.15) is 0 Å². The summed E-state index contributed by atoms with van der Waals surface area (Å²) in [6, 6.07) is 0.0485. The molecule has 8 heteroatoms. The molecule has 2 N–H and O–H groups in total. The van der Waals surface area contributed by atoms with Crippen LogP contribution in [0.1, 0.15) is 30.2 Å². The number of rotatable bonds is 4. The predicted octanol–water partition coefficient (Wildman–Crippen LogP) is 1.07. The van der Waals surface area contributed by atoms with Crippen LogP contribution in [0.25, 0.3) is 4.96 Å². The molecule has 1 atom stereocenters. The van der Waals surface area contributed by atoms with E-state index in [0.717, 1.165) is 17.2 Å². The van der Waals surface area contributed by atoms with Gasteiger partial charge in [0.25, 0.3) is 0 Å². The SMILES string of the molecule is Cc1nc2sccn2c1CNC(C)c1nn[nH]n1. The molecule has 0 bridgehead atoms. The molecule has 0 radical (unpaired) electrons. The monoisotopic (exact) mass is 263 g/mol. The zero-order valence-corrected chi connectivity index (χ0v) is 10.9. The minimum atomic E-state index is 0.0485. The van der Waals surface area contributed by atoms with Crippen LogP contribution in [0.4, 0.5) is 0 Å². The number of nitrogens with one attached hydrogen (secondary N) is 2. The van der Waals surface area contributed by atoms with Crippen LogP contribution in [-0.2, 0) is 6.54 Å². The van der Waals surface area contributed by atoms with Gasteiger partial charge in [0.2, 0.25) is 0 Å². The molecule has 3 rings (SSSR count). The fraction of sp³-hybridized carbons (Fsp3) is 0.400. The van der Waals surface area contributed by atoms with Crippen LogP contribution in [0.15, 0.2) is 11.6 Å². The number of fused-ring (bicyclic) bond motifs is 1. The Balaban J connectivity index is 1.76. The van der Waals surface area contributed by atoms with Gasteiger partial charge < -0.3 is 5.32 Å². The van der Waals surface area contributed by atoms with Gasteiger partial charge in [-0.3, -0.25) is 4.40 Å². The largest absolute Gasteiger partial charge is 0.302 e. The highest BCUT2D eigenvalue weighted by Crippen LogP contribution is 2.17. The highest BCUT2D eigenvalue weighted by molar-refractivity contribution is 7.15. The predicted molar refractivity (Wildman–Crippen MR) is 67.2 cm³/mol. The molecule has 0 aliphatic carbocycles. The third-order valence-electron chi connectivity index (χ3n) is 2.89. The molecular formula is C10H13N7S. The van der Waals surface area contributed by atoms with Crippen molar-refractivity contribution < 1.29 is 0 Å². The first kappa shape index (κ1) is 11.3. The van der Waals surface area contributed by atoms with Crippen LogP contribution in [0, 0.1) is 6.92 Å². The van der Waals surface area contributed by atoms with Crippen LogP contribution in [0.5, 0.6) is 0 Å². The number of H-pyrrole nitrogens is 1. The van der Waals surface area contributed by atoms with E-state index >= 15 is 0 Å². The molecule has 0 aliphatic rings. The average molecular weight is 263 g/mol. The Morgan fingerprint density at radius 3 is 3.22 bits per heavy atom. The molecule has 3 aromatic heterocycles. The number of hydrogen-bond acceptors (Lipinski definition) is 6. The van der Waals surface area contributed by atoms with Crippen LogP contribution >= 0.6 is 11.3 Å². The molecular weight excluding hydrogens is 250 g/mol. The minimum absolute atomic E-state index is 0.0485. The van der Waals surface area contributed by atoms with E-state index < -0.39 is 0 Å². The van der Waals surface area contributed by atoms with Crippen LogP contribution in [0.2, 0.25) is 0 Å². The summed E-state index contributed by atoms with van der Waals surface area (Å²) >= 11 is 1.64. The zero-order chi connectivity index (χ0) is 12.5. The van der Waals surface area contributed by atoms with Crippen molar-refractivity contribution in [3.8, 4) is 0 Å². The number of thiazole rings is 1. The Morgan fingerprint density at radius 2 is 2.44 bits per heavy atom. The first-order valence-corrected chi connectivity index (χ1v) is 6.51. The molecule has 0 spiro atoms. The Kier molecular flexibility index (Phi) is 2.80. The lowest BCUT2D eigenvalue weighted by Gasteiger charge is -2.09. The van der Waals surface area contributed by atoms with E-state index in [4.69, 9.17) is 0 Å². The van der Waals surface area contributed by atoms with E-state index in [-0.39, 0.29) is 6.04 Å². The fourth-order valence-electron chi connectivity index (χ4n) is 1.85. The van der Waals surface area contributed by atoms with Crippen molar-refractivity contribution in [3.63, 3.8) is 0 Å². The summed E-state index contributed by atoms with van der Waals surface area (Å²) in [5.41, 5.74) is 2.22. The highest BCUT2D eigenvalue weighted by Gasteiger charge is 2.13. The second kappa shape index (κ2) is 4.46. The van der Waals surface area contributed by atoms with Crippen molar-refractivity contribution in [1.29, 1.82) is 0 Å². The van der Waals surface area contributed by atoms with Crippen molar-refractivity contribution in [2.45, 2.75) is 26.4 Å². The first-order valence-electron chi connectivity index (χ1n) is 5.63. The summed E-state index contributed by atoms with van der Waals surface area (Å²) in [6.45, 7) is 4.75. The topological polar surface area (TPSA) is 83.8 Å². The van der Waals surface area contributed by atoms with E-state index in [0.29, 0.717) is 5.82 Å². The Labute approximate surface area is 107 Å². The summed E-state index contributed by atoms with van der Waals surface area (Å²) < 4.78 is 2.11. The summed E-state index contributed by atoms with van der Waals surface area (Å²) in [7, 11) is 0. The zero-order valence-electron chi connectivity index (χ0n) is 10.1. The van der Waals surface area contributed by atoms with Gasteiger partial charge in [-0.1, -0.05) is 5.21 Å². The maximum absolute atomic E-state index is 4.51. The van der Waals surface area contributed by atoms with Crippen molar-refractivity contribution in [2.24, 2.45) is 0 Å². The van der Waals surface area contributed by atoms with Gasteiger partial charge in [-0.2, -0.15) is 5.21 Å². The smallest absolute Gasteiger partial charge is 0.194 e. The van der Waals surface area contributed by atoms with Crippen LogP contribution in [0.3, 0.4) is 0 Å². The number of imidazole rings is 1. The Bertz CT molecular complexity index is 638. The summed E-state index contributed by atoms with van der Waals surface area (Å²) in [4.78, 5) is 5.53. The molecule has 94 valence electrons. The number of nitrogens with zero attached hydrogens (tertiary/aromatic N) is 5. The number of tetrazole rings is 1. The van der Waals surface area contributed by atoms with E-state index in [1.165, 1.54) is 5.69 Å². The molecule has 0 aliphatic heterocycles. The van der Waals surface area contributed by atoms with Gasteiger partial charge in [-0.15, -0.1) is 21.5 Å². The van der Waals surface area contributed by atoms with Crippen molar-refractivity contribution in [3.05, 3.63) is 28.8 Å². The molecule has 0 saturated carbocycles. The van der Waals surface area contributed by atoms with Gasteiger partial charge in [-0.25, -0.2) is 4.98 Å². The maximum atomic E-state index is 4.51. The number of aryl methyl sites for hydroxylation is 1. The van der Waals surface area contributed by atoms with Crippen LogP contribution in [-0.4, -0.2) is 30.0 Å². The molecule has 7 nitrogen and oxygen atoms in total. The van der Waals surface area contributed by atoms with Crippen LogP contribution < -0.4 is 5.32 Å². The fourth-order valence-corrected chi connectivity index (χ4v) is 2.63. The van der Waals surface area contributed by atoms with Gasteiger partial charge in [-0.05, 0) is 13.8 Å². The summed E-state index contributed by atoms with van der Waals surface area (Å²) in [5.74, 6) is 0.665. The molecule has 18 heavy (non-hydrogen) atoms. The maximum Gasteiger partial charge on any atom is 0.194 e. The van der Waals surface area contributed by atoms with E-state index in [2.05, 4.69) is 35.3 Å².